The van der Waals surface area contributed by atoms with Gasteiger partial charge in [0.2, 0.25) is 0 Å². The molecule has 0 saturated carbocycles. The van der Waals surface area contributed by atoms with Crippen LogP contribution < -0.4 is 10.6 Å². The van der Waals surface area contributed by atoms with Crippen molar-refractivity contribution < 1.29 is 4.79 Å². The summed E-state index contributed by atoms with van der Waals surface area (Å²) in [5.74, 6) is 0.538. The average molecular weight is 228 g/mol. The van der Waals surface area contributed by atoms with E-state index in [0.717, 1.165) is 30.5 Å². The van der Waals surface area contributed by atoms with Crippen molar-refractivity contribution in [2.45, 2.75) is 25.4 Å². The van der Waals surface area contributed by atoms with E-state index in [1.165, 1.54) is 0 Å². The number of amides is 1. The number of carbonyl (C=O) groups is 1. The summed E-state index contributed by atoms with van der Waals surface area (Å²) in [6, 6.07) is 7.68. The first-order valence-electron chi connectivity index (χ1n) is 6.16. The van der Waals surface area contributed by atoms with Crippen molar-refractivity contribution in [2.24, 2.45) is 5.92 Å². The molecule has 2 aliphatic rings. The van der Waals surface area contributed by atoms with Gasteiger partial charge in [-0.05, 0) is 31.4 Å². The standard InChI is InChI=1S/C14H16N2O/c17-14-11-8-4-5-9-12(11)15-13(16-14)10-6-2-1-3-7-10/h1-2,4-5,8-10,13,15H,3,6-7H2,(H,16,17)/t10-,13+/m0/s1. The Labute approximate surface area is 101 Å². The van der Waals surface area contributed by atoms with Gasteiger partial charge in [0.15, 0.2) is 0 Å². The molecule has 0 aromatic heterocycles. The molecule has 1 aromatic carbocycles. The fourth-order valence-electron chi connectivity index (χ4n) is 2.59. The van der Waals surface area contributed by atoms with Gasteiger partial charge in [0, 0.05) is 11.6 Å². The van der Waals surface area contributed by atoms with Gasteiger partial charge in [0.25, 0.3) is 5.91 Å². The van der Waals surface area contributed by atoms with Crippen LogP contribution in [0.4, 0.5) is 5.69 Å². The molecule has 0 spiro atoms. The van der Waals surface area contributed by atoms with Crippen molar-refractivity contribution in [1.82, 2.24) is 5.32 Å². The molecule has 3 heteroatoms. The molecule has 0 unspecified atom stereocenters. The summed E-state index contributed by atoms with van der Waals surface area (Å²) >= 11 is 0. The van der Waals surface area contributed by atoms with E-state index in [0.29, 0.717) is 5.92 Å². The van der Waals surface area contributed by atoms with Crippen LogP contribution in [0, 0.1) is 5.92 Å². The first-order valence-corrected chi connectivity index (χ1v) is 6.16. The maximum atomic E-state index is 12.0. The van der Waals surface area contributed by atoms with Crippen LogP contribution in [0.5, 0.6) is 0 Å². The van der Waals surface area contributed by atoms with Crippen molar-refractivity contribution in [3.63, 3.8) is 0 Å². The lowest BCUT2D eigenvalue weighted by atomic mass is 9.90. The predicted molar refractivity (Wildman–Crippen MR) is 67.8 cm³/mol. The summed E-state index contributed by atoms with van der Waals surface area (Å²) in [5, 5.41) is 6.49. The highest BCUT2D eigenvalue weighted by Gasteiger charge is 2.28. The Morgan fingerprint density at radius 1 is 1.12 bits per heavy atom. The van der Waals surface area contributed by atoms with Gasteiger partial charge in [0.1, 0.15) is 6.17 Å². The van der Waals surface area contributed by atoms with Crippen LogP contribution >= 0.6 is 0 Å². The maximum Gasteiger partial charge on any atom is 0.254 e. The van der Waals surface area contributed by atoms with Crippen molar-refractivity contribution >= 4 is 11.6 Å². The molecule has 1 heterocycles. The number of anilines is 1. The zero-order valence-corrected chi connectivity index (χ0v) is 9.65. The molecule has 0 saturated heterocycles. The third kappa shape index (κ3) is 1.93. The molecule has 1 aliphatic carbocycles. The largest absolute Gasteiger partial charge is 0.364 e. The van der Waals surface area contributed by atoms with Crippen LogP contribution in [0.2, 0.25) is 0 Å². The molecule has 3 nitrogen and oxygen atoms in total. The summed E-state index contributed by atoms with van der Waals surface area (Å²) in [6.45, 7) is 0. The van der Waals surface area contributed by atoms with E-state index in [4.69, 9.17) is 0 Å². The number of rotatable bonds is 1. The van der Waals surface area contributed by atoms with Crippen molar-refractivity contribution in [2.75, 3.05) is 5.32 Å². The summed E-state index contributed by atoms with van der Waals surface area (Å²) < 4.78 is 0. The minimum atomic E-state index is 0.0407. The lowest BCUT2D eigenvalue weighted by Gasteiger charge is -2.34. The van der Waals surface area contributed by atoms with E-state index >= 15 is 0 Å². The van der Waals surface area contributed by atoms with Gasteiger partial charge >= 0.3 is 0 Å². The number of hydrogen-bond donors (Lipinski definition) is 2. The highest BCUT2D eigenvalue weighted by atomic mass is 16.2. The second-order valence-electron chi connectivity index (χ2n) is 4.69. The van der Waals surface area contributed by atoms with Crippen LogP contribution in [0.15, 0.2) is 36.4 Å². The number of hydrogen-bond acceptors (Lipinski definition) is 2. The molecular formula is C14H16N2O. The minimum Gasteiger partial charge on any atom is -0.364 e. The van der Waals surface area contributed by atoms with E-state index < -0.39 is 0 Å². The van der Waals surface area contributed by atoms with E-state index in [1.54, 1.807) is 0 Å². The average Bonchev–Trinajstić information content (AvgIpc) is 2.40. The molecule has 1 amide bonds. The zero-order valence-electron chi connectivity index (χ0n) is 9.65. The zero-order chi connectivity index (χ0) is 11.7. The van der Waals surface area contributed by atoms with Crippen molar-refractivity contribution in [3.05, 3.63) is 42.0 Å². The SMILES string of the molecule is O=C1N[C@H]([C@H]2CC=CCC2)Nc2ccccc21. The molecule has 0 bridgehead atoms. The topological polar surface area (TPSA) is 41.1 Å². The Morgan fingerprint density at radius 3 is 2.82 bits per heavy atom. The highest BCUT2D eigenvalue weighted by molar-refractivity contribution is 6.01. The van der Waals surface area contributed by atoms with Crippen LogP contribution in [0.3, 0.4) is 0 Å². The van der Waals surface area contributed by atoms with Crippen LogP contribution in [0.1, 0.15) is 29.6 Å². The Morgan fingerprint density at radius 2 is 2.00 bits per heavy atom. The Kier molecular flexibility index (Phi) is 2.59. The fourth-order valence-corrected chi connectivity index (χ4v) is 2.59. The number of para-hydroxylation sites is 1. The van der Waals surface area contributed by atoms with Gasteiger partial charge in [-0.2, -0.15) is 0 Å². The van der Waals surface area contributed by atoms with Crippen LogP contribution in [-0.4, -0.2) is 12.1 Å². The number of nitrogens with one attached hydrogen (secondary N) is 2. The molecule has 88 valence electrons. The van der Waals surface area contributed by atoms with Crippen molar-refractivity contribution in [3.8, 4) is 0 Å². The quantitative estimate of drug-likeness (QED) is 0.725. The maximum absolute atomic E-state index is 12.0. The molecule has 2 atom stereocenters. The van der Waals surface area contributed by atoms with Gasteiger partial charge in [-0.15, -0.1) is 0 Å². The molecule has 2 N–H and O–H groups in total. The van der Waals surface area contributed by atoms with Crippen molar-refractivity contribution in [1.29, 1.82) is 0 Å². The molecule has 1 aliphatic heterocycles. The van der Waals surface area contributed by atoms with E-state index in [2.05, 4.69) is 22.8 Å². The van der Waals surface area contributed by atoms with E-state index in [9.17, 15) is 4.79 Å². The van der Waals surface area contributed by atoms with Gasteiger partial charge in [0.05, 0.1) is 5.56 Å². The summed E-state index contributed by atoms with van der Waals surface area (Å²) in [7, 11) is 0. The van der Waals surface area contributed by atoms with Gasteiger partial charge in [-0.1, -0.05) is 24.3 Å². The number of allylic oxidation sites excluding steroid dienone is 2. The number of fused-ring (bicyclic) bond motifs is 1. The predicted octanol–water partition coefficient (Wildman–Crippen LogP) is 2.52. The molecule has 1 aromatic rings. The van der Waals surface area contributed by atoms with Gasteiger partial charge in [-0.25, -0.2) is 0 Å². The third-order valence-corrected chi connectivity index (χ3v) is 3.55. The Hall–Kier alpha value is -1.77. The monoisotopic (exact) mass is 228 g/mol. The molecule has 17 heavy (non-hydrogen) atoms. The Bertz CT molecular complexity index is 467. The molecular weight excluding hydrogens is 212 g/mol. The lowest BCUT2D eigenvalue weighted by Crippen LogP contribution is -2.49. The van der Waals surface area contributed by atoms with E-state index in [-0.39, 0.29) is 12.1 Å². The summed E-state index contributed by atoms with van der Waals surface area (Å²) in [4.78, 5) is 12.0. The smallest absolute Gasteiger partial charge is 0.254 e. The van der Waals surface area contributed by atoms with Crippen LogP contribution in [-0.2, 0) is 0 Å². The van der Waals surface area contributed by atoms with Gasteiger partial charge < -0.3 is 10.6 Å². The lowest BCUT2D eigenvalue weighted by molar-refractivity contribution is 0.0920. The number of carbonyl (C=O) groups excluding carboxylic acids is 1. The molecule has 0 fully saturated rings. The summed E-state index contributed by atoms with van der Waals surface area (Å²) in [5.41, 5.74) is 1.70. The van der Waals surface area contributed by atoms with Crippen LogP contribution in [0.25, 0.3) is 0 Å². The fraction of sp³-hybridized carbons (Fsp3) is 0.357. The third-order valence-electron chi connectivity index (χ3n) is 3.55. The summed E-state index contributed by atoms with van der Waals surface area (Å²) in [6.07, 6.45) is 7.79. The molecule has 3 rings (SSSR count). The first kappa shape index (κ1) is 10.4. The minimum absolute atomic E-state index is 0.0407. The second kappa shape index (κ2) is 4.24. The normalized spacial score (nSPS) is 26.9. The van der Waals surface area contributed by atoms with Gasteiger partial charge in [-0.3, -0.25) is 4.79 Å². The highest BCUT2D eigenvalue weighted by Crippen LogP contribution is 2.27. The Balaban J connectivity index is 1.83. The molecule has 0 radical (unpaired) electrons. The number of benzene rings is 1. The first-order chi connectivity index (χ1) is 8.34. The van der Waals surface area contributed by atoms with E-state index in [1.807, 2.05) is 24.3 Å². The second-order valence-corrected chi connectivity index (χ2v) is 4.69.